The Balaban J connectivity index is 0.000001000. The van der Waals surface area contributed by atoms with Crippen molar-refractivity contribution in [2.24, 2.45) is 0 Å². The summed E-state index contributed by atoms with van der Waals surface area (Å²) in [4.78, 5) is 25.4. The molecule has 4 aliphatic heterocycles. The lowest BCUT2D eigenvalue weighted by Gasteiger charge is -2.32. The first kappa shape index (κ1) is 12.9. The lowest BCUT2D eigenvalue weighted by Crippen LogP contribution is -2.50. The summed E-state index contributed by atoms with van der Waals surface area (Å²) in [6, 6.07) is 0. The van der Waals surface area contributed by atoms with E-state index in [9.17, 15) is 14.7 Å². The van der Waals surface area contributed by atoms with E-state index in [1.54, 1.807) is 16.7 Å². The maximum absolute atomic E-state index is 11.3. The minimum atomic E-state index is -0.862. The molecule has 4 aliphatic rings. The van der Waals surface area contributed by atoms with Crippen LogP contribution in [0.15, 0.2) is 0 Å². The third-order valence-electron chi connectivity index (χ3n) is 3.96. The van der Waals surface area contributed by atoms with Gasteiger partial charge in [0.1, 0.15) is 4.93 Å². The van der Waals surface area contributed by atoms with Crippen LogP contribution in [0.1, 0.15) is 12.8 Å². The van der Waals surface area contributed by atoms with Crippen LogP contribution in [0.25, 0.3) is 0 Å². The minimum absolute atomic E-state index is 0. The van der Waals surface area contributed by atoms with Gasteiger partial charge in [-0.25, -0.2) is 0 Å². The summed E-state index contributed by atoms with van der Waals surface area (Å²) in [6.45, 7) is 1.06. The zero-order valence-corrected chi connectivity index (χ0v) is 11.9. The van der Waals surface area contributed by atoms with Crippen molar-refractivity contribution in [3.8, 4) is 0 Å². The third kappa shape index (κ3) is 1.54. The lowest BCUT2D eigenvalue weighted by molar-refractivity contribution is -0.143. The summed E-state index contributed by atoms with van der Waals surface area (Å²) in [5.41, 5.74) is 0. The molecule has 0 bridgehead atoms. The van der Waals surface area contributed by atoms with Gasteiger partial charge in [0.05, 0.1) is 35.4 Å². The summed E-state index contributed by atoms with van der Waals surface area (Å²) in [5, 5.41) is 11.1. The molecular weight excluding hydrogens is 296 g/mol. The highest BCUT2D eigenvalue weighted by atomic mass is 35.5. The van der Waals surface area contributed by atoms with E-state index in [1.807, 2.05) is 4.90 Å². The van der Waals surface area contributed by atoms with Crippen LogP contribution in [0.3, 0.4) is 0 Å². The van der Waals surface area contributed by atoms with Crippen molar-refractivity contribution < 1.29 is 14.7 Å². The highest BCUT2D eigenvalue weighted by Crippen LogP contribution is 2.53. The number of aliphatic hydroxyl groups is 1. The summed E-state index contributed by atoms with van der Waals surface area (Å²) >= 11 is 3.19. The first-order valence-electron chi connectivity index (χ1n) is 5.71. The van der Waals surface area contributed by atoms with Crippen LogP contribution < -0.4 is 0 Å². The van der Waals surface area contributed by atoms with E-state index in [-0.39, 0.29) is 40.2 Å². The molecule has 4 rings (SSSR count). The van der Waals surface area contributed by atoms with Crippen molar-refractivity contribution in [2.75, 3.05) is 13.1 Å². The number of hydrogen-bond acceptors (Lipinski definition) is 5. The Morgan fingerprint density at radius 2 is 1.83 bits per heavy atom. The van der Waals surface area contributed by atoms with E-state index in [1.165, 1.54) is 11.8 Å². The van der Waals surface area contributed by atoms with Crippen LogP contribution in [0.4, 0.5) is 0 Å². The molecule has 0 spiro atoms. The Bertz CT molecular complexity index is 437. The van der Waals surface area contributed by atoms with Gasteiger partial charge in [0, 0.05) is 6.54 Å². The van der Waals surface area contributed by atoms with Crippen LogP contribution in [0.2, 0.25) is 0 Å². The molecule has 1 N–H and O–H groups in total. The van der Waals surface area contributed by atoms with Gasteiger partial charge < -0.3 is 14.9 Å². The Kier molecular flexibility index (Phi) is 2.83. The van der Waals surface area contributed by atoms with Crippen molar-refractivity contribution in [1.82, 2.24) is 9.80 Å². The number of thioether (sulfide) groups is 2. The zero-order valence-electron chi connectivity index (χ0n) is 9.44. The minimum Gasteiger partial charge on any atom is -0.376 e. The molecule has 8 heteroatoms. The average Bonchev–Trinajstić information content (AvgIpc) is 2.76. The Morgan fingerprint density at radius 1 is 1.17 bits per heavy atom. The van der Waals surface area contributed by atoms with Gasteiger partial charge in [-0.15, -0.1) is 24.2 Å². The molecule has 0 aromatic rings. The number of halogens is 1. The number of fused-ring (bicyclic) bond motifs is 2. The molecule has 0 saturated carbocycles. The van der Waals surface area contributed by atoms with E-state index in [0.29, 0.717) is 25.9 Å². The SMILES string of the molecule is Cl.O=C1C[C@H]2SC(C3(O)CN4C(=O)C[C@H]4S3)CN12. The van der Waals surface area contributed by atoms with Gasteiger partial charge in [0.2, 0.25) is 11.8 Å². The zero-order chi connectivity index (χ0) is 11.8. The number of β-lactam (4-membered cyclic amide) rings is 2. The Hall–Kier alpha value is -0.110. The molecule has 0 aromatic heterocycles. The standard InChI is InChI=1S/C10H12N2O3S2.ClH/c13-6-1-8-11(6)3-5(16-8)10(15)4-12-7(14)2-9(12)17-10;/h5,8-9,15H,1-4H2;1H/t5?,8-,9-,10?;/m1./s1. The van der Waals surface area contributed by atoms with Gasteiger partial charge >= 0.3 is 0 Å². The van der Waals surface area contributed by atoms with Gasteiger partial charge in [0.25, 0.3) is 0 Å². The second-order valence-corrected chi connectivity index (χ2v) is 7.84. The number of amides is 2. The van der Waals surface area contributed by atoms with Crippen LogP contribution in [-0.2, 0) is 9.59 Å². The molecular formula is C10H13ClN2O3S2. The molecule has 2 amide bonds. The molecule has 100 valence electrons. The Labute approximate surface area is 119 Å². The molecule has 4 saturated heterocycles. The summed E-state index contributed by atoms with van der Waals surface area (Å²) in [7, 11) is 0. The van der Waals surface area contributed by atoms with Crippen molar-refractivity contribution in [3.63, 3.8) is 0 Å². The van der Waals surface area contributed by atoms with Crippen molar-refractivity contribution in [1.29, 1.82) is 0 Å². The predicted molar refractivity (Wildman–Crippen MR) is 71.4 cm³/mol. The fourth-order valence-electron chi connectivity index (χ4n) is 2.84. The number of hydrogen-bond donors (Lipinski definition) is 1. The fraction of sp³-hybridized carbons (Fsp3) is 0.800. The molecule has 0 radical (unpaired) electrons. The number of nitrogens with zero attached hydrogens (tertiary/aromatic N) is 2. The maximum atomic E-state index is 11.3. The number of rotatable bonds is 1. The summed E-state index contributed by atoms with van der Waals surface area (Å²) < 4.78 is 0. The third-order valence-corrected chi connectivity index (χ3v) is 7.23. The fourth-order valence-corrected chi connectivity index (χ4v) is 6.13. The van der Waals surface area contributed by atoms with Gasteiger partial charge in [0.15, 0.2) is 0 Å². The quantitative estimate of drug-likeness (QED) is 0.695. The second kappa shape index (κ2) is 3.94. The molecule has 4 heterocycles. The molecule has 0 aliphatic carbocycles. The number of carbonyl (C=O) groups excluding carboxylic acids is 2. The highest BCUT2D eigenvalue weighted by Gasteiger charge is 2.59. The van der Waals surface area contributed by atoms with Gasteiger partial charge in [-0.2, -0.15) is 0 Å². The molecule has 5 nitrogen and oxygen atoms in total. The molecule has 0 aromatic carbocycles. The Morgan fingerprint density at radius 3 is 2.39 bits per heavy atom. The lowest BCUT2D eigenvalue weighted by atomic mass is 10.1. The molecule has 4 fully saturated rings. The summed E-state index contributed by atoms with van der Waals surface area (Å²) in [6.07, 6.45) is 1.16. The monoisotopic (exact) mass is 308 g/mol. The van der Waals surface area contributed by atoms with E-state index in [2.05, 4.69) is 0 Å². The molecule has 4 atom stereocenters. The topological polar surface area (TPSA) is 60.9 Å². The first-order chi connectivity index (χ1) is 8.07. The molecule has 2 unspecified atom stereocenters. The van der Waals surface area contributed by atoms with E-state index in [4.69, 9.17) is 0 Å². The molecule has 18 heavy (non-hydrogen) atoms. The first-order valence-corrected chi connectivity index (χ1v) is 7.54. The van der Waals surface area contributed by atoms with Crippen LogP contribution >= 0.6 is 35.9 Å². The number of carbonyl (C=O) groups is 2. The van der Waals surface area contributed by atoms with Crippen LogP contribution in [0, 0.1) is 0 Å². The van der Waals surface area contributed by atoms with Gasteiger partial charge in [-0.1, -0.05) is 11.8 Å². The highest BCUT2D eigenvalue weighted by molar-refractivity contribution is 8.05. The van der Waals surface area contributed by atoms with Crippen LogP contribution in [0.5, 0.6) is 0 Å². The van der Waals surface area contributed by atoms with Crippen molar-refractivity contribution >= 4 is 47.7 Å². The van der Waals surface area contributed by atoms with Gasteiger partial charge in [-0.3, -0.25) is 9.59 Å². The van der Waals surface area contributed by atoms with E-state index < -0.39 is 4.93 Å². The summed E-state index contributed by atoms with van der Waals surface area (Å²) in [5.74, 6) is 0.330. The maximum Gasteiger partial charge on any atom is 0.226 e. The smallest absolute Gasteiger partial charge is 0.226 e. The van der Waals surface area contributed by atoms with Crippen LogP contribution in [-0.4, -0.2) is 60.7 Å². The normalized spacial score (nSPS) is 45.1. The van der Waals surface area contributed by atoms with E-state index in [0.717, 1.165) is 0 Å². The van der Waals surface area contributed by atoms with Crippen molar-refractivity contribution in [3.05, 3.63) is 0 Å². The second-order valence-electron chi connectivity index (χ2n) is 4.97. The van der Waals surface area contributed by atoms with Gasteiger partial charge in [-0.05, 0) is 0 Å². The largest absolute Gasteiger partial charge is 0.376 e. The van der Waals surface area contributed by atoms with Crippen molar-refractivity contribution in [2.45, 2.75) is 33.8 Å². The average molecular weight is 309 g/mol. The predicted octanol–water partition coefficient (Wildman–Crippen LogP) is 0.0758. The van der Waals surface area contributed by atoms with E-state index >= 15 is 0 Å².